The molecule has 3 fully saturated rings. The van der Waals surface area contributed by atoms with Crippen molar-refractivity contribution in [2.24, 2.45) is 5.92 Å². The van der Waals surface area contributed by atoms with Crippen molar-refractivity contribution in [3.05, 3.63) is 36.5 Å². The standard InChI is InChI=1S/C27H34F3N5O/c1-16(27(28,29)30)24-20-5-4-6-22(31-18-9-11-35(3)12-10-18)21(20)13-23(33-24)32-19-14-26(2,15-19)34-25(36)17-7-8-17/h4-6,13,17-19,31H,1,7-12,14-15H2,2-3H3,(H,32,33)(H,34,36). The Bertz CT molecular complexity index is 1160. The number of hydrogen-bond donors (Lipinski definition) is 3. The van der Waals surface area contributed by atoms with E-state index in [2.05, 4.69) is 39.5 Å². The molecule has 2 aliphatic carbocycles. The molecule has 3 N–H and O–H groups in total. The van der Waals surface area contributed by atoms with Crippen LogP contribution in [-0.4, -0.2) is 59.7 Å². The highest BCUT2D eigenvalue weighted by atomic mass is 19.4. The monoisotopic (exact) mass is 501 g/mol. The van der Waals surface area contributed by atoms with Gasteiger partial charge in [0.25, 0.3) is 0 Å². The van der Waals surface area contributed by atoms with Gasteiger partial charge in [0, 0.05) is 40.0 Å². The van der Waals surface area contributed by atoms with E-state index in [1.165, 1.54) is 0 Å². The number of rotatable bonds is 7. The Morgan fingerprint density at radius 2 is 1.78 bits per heavy atom. The number of likely N-dealkylation sites (tertiary alicyclic amines) is 1. The number of nitrogens with zero attached hydrogens (tertiary/aromatic N) is 2. The second-order valence-corrected chi connectivity index (χ2v) is 11.0. The molecule has 3 aliphatic rings. The van der Waals surface area contributed by atoms with Crippen molar-refractivity contribution >= 4 is 33.8 Å². The van der Waals surface area contributed by atoms with Crippen molar-refractivity contribution in [2.75, 3.05) is 30.8 Å². The van der Waals surface area contributed by atoms with Gasteiger partial charge in [-0.2, -0.15) is 13.2 Å². The van der Waals surface area contributed by atoms with Crippen molar-refractivity contribution in [2.45, 2.75) is 69.2 Å². The van der Waals surface area contributed by atoms with Gasteiger partial charge in [0.2, 0.25) is 5.91 Å². The lowest BCUT2D eigenvalue weighted by molar-refractivity contribution is -0.125. The van der Waals surface area contributed by atoms with Gasteiger partial charge in [-0.05, 0) is 77.7 Å². The van der Waals surface area contributed by atoms with E-state index in [1.54, 1.807) is 12.1 Å². The van der Waals surface area contributed by atoms with E-state index in [0.29, 0.717) is 29.4 Å². The maximum Gasteiger partial charge on any atom is 0.417 e. The number of halogens is 3. The van der Waals surface area contributed by atoms with Crippen molar-refractivity contribution in [3.63, 3.8) is 0 Å². The fourth-order valence-corrected chi connectivity index (χ4v) is 5.40. The van der Waals surface area contributed by atoms with Crippen molar-refractivity contribution < 1.29 is 18.0 Å². The average molecular weight is 502 g/mol. The molecule has 2 aromatic rings. The van der Waals surface area contributed by atoms with Gasteiger partial charge >= 0.3 is 6.18 Å². The predicted octanol–water partition coefficient (Wildman–Crippen LogP) is 5.18. The summed E-state index contributed by atoms with van der Waals surface area (Å²) >= 11 is 0. The lowest BCUT2D eigenvalue weighted by Crippen LogP contribution is -2.59. The van der Waals surface area contributed by atoms with Crippen LogP contribution in [0.1, 0.15) is 51.1 Å². The lowest BCUT2D eigenvalue weighted by atomic mass is 9.74. The van der Waals surface area contributed by atoms with Crippen LogP contribution in [0.25, 0.3) is 16.3 Å². The van der Waals surface area contributed by atoms with E-state index in [4.69, 9.17) is 0 Å². The third-order valence-electron chi connectivity index (χ3n) is 7.70. The molecule has 0 atom stereocenters. The number of anilines is 2. The minimum atomic E-state index is -4.59. The minimum Gasteiger partial charge on any atom is -0.382 e. The summed E-state index contributed by atoms with van der Waals surface area (Å²) in [6.45, 7) is 7.31. The third-order valence-corrected chi connectivity index (χ3v) is 7.70. The average Bonchev–Trinajstić information content (AvgIpc) is 3.64. The fraction of sp³-hybridized carbons (Fsp3) is 0.556. The molecule has 9 heteroatoms. The number of carbonyl (C=O) groups excluding carboxylic acids is 1. The van der Waals surface area contributed by atoms with E-state index in [9.17, 15) is 18.0 Å². The molecular formula is C27H34F3N5O. The van der Waals surface area contributed by atoms with Crippen LogP contribution in [-0.2, 0) is 4.79 Å². The molecule has 194 valence electrons. The van der Waals surface area contributed by atoms with Gasteiger partial charge in [0.15, 0.2) is 0 Å². The van der Waals surface area contributed by atoms with Crippen molar-refractivity contribution in [1.29, 1.82) is 0 Å². The van der Waals surface area contributed by atoms with Gasteiger partial charge < -0.3 is 20.9 Å². The quantitative estimate of drug-likeness (QED) is 0.488. The van der Waals surface area contributed by atoms with E-state index in [0.717, 1.165) is 44.5 Å². The zero-order valence-corrected chi connectivity index (χ0v) is 20.8. The summed E-state index contributed by atoms with van der Waals surface area (Å²) in [6, 6.07) is 7.46. The van der Waals surface area contributed by atoms with Crippen LogP contribution >= 0.6 is 0 Å². The molecular weight excluding hydrogens is 467 g/mol. The number of amides is 1. The molecule has 2 saturated carbocycles. The maximum atomic E-state index is 13.7. The molecule has 1 aliphatic heterocycles. The molecule has 0 spiro atoms. The first-order chi connectivity index (χ1) is 17.0. The number of carbonyl (C=O) groups is 1. The molecule has 5 rings (SSSR count). The smallest absolute Gasteiger partial charge is 0.382 e. The van der Waals surface area contributed by atoms with Gasteiger partial charge in [-0.1, -0.05) is 18.7 Å². The van der Waals surface area contributed by atoms with Gasteiger partial charge in [-0.15, -0.1) is 0 Å². The number of aromatic nitrogens is 1. The Hall–Kier alpha value is -2.81. The van der Waals surface area contributed by atoms with Crippen LogP contribution in [0.3, 0.4) is 0 Å². The molecule has 36 heavy (non-hydrogen) atoms. The first-order valence-corrected chi connectivity index (χ1v) is 12.7. The number of pyridine rings is 1. The van der Waals surface area contributed by atoms with Crippen LogP contribution < -0.4 is 16.0 Å². The molecule has 1 aromatic heterocycles. The summed E-state index contributed by atoms with van der Waals surface area (Å²) in [5.74, 6) is 0.636. The third kappa shape index (κ3) is 5.31. The van der Waals surface area contributed by atoms with Crippen LogP contribution in [0.15, 0.2) is 30.8 Å². The molecule has 2 heterocycles. The normalized spacial score (nSPS) is 25.3. The Morgan fingerprint density at radius 1 is 1.08 bits per heavy atom. The van der Waals surface area contributed by atoms with Crippen molar-refractivity contribution in [1.82, 2.24) is 15.2 Å². The molecule has 0 radical (unpaired) electrons. The lowest BCUT2D eigenvalue weighted by Gasteiger charge is -2.46. The van der Waals surface area contributed by atoms with Crippen LogP contribution in [0.2, 0.25) is 0 Å². The molecule has 6 nitrogen and oxygen atoms in total. The largest absolute Gasteiger partial charge is 0.417 e. The predicted molar refractivity (Wildman–Crippen MR) is 137 cm³/mol. The summed E-state index contributed by atoms with van der Waals surface area (Å²) in [5.41, 5.74) is -0.603. The highest BCUT2D eigenvalue weighted by Crippen LogP contribution is 2.40. The first-order valence-electron chi connectivity index (χ1n) is 12.7. The second kappa shape index (κ2) is 9.25. The summed E-state index contributed by atoms with van der Waals surface area (Å²) in [7, 11) is 2.09. The Morgan fingerprint density at radius 3 is 2.42 bits per heavy atom. The molecule has 1 aromatic carbocycles. The van der Waals surface area contributed by atoms with Crippen LogP contribution in [0.4, 0.5) is 24.7 Å². The van der Waals surface area contributed by atoms with Gasteiger partial charge in [-0.25, -0.2) is 4.98 Å². The van der Waals surface area contributed by atoms with Gasteiger partial charge in [-0.3, -0.25) is 4.79 Å². The number of benzene rings is 1. The number of allylic oxidation sites excluding steroid dienone is 1. The maximum absolute atomic E-state index is 13.7. The number of alkyl halides is 3. The second-order valence-electron chi connectivity index (χ2n) is 11.0. The fourth-order valence-electron chi connectivity index (χ4n) is 5.40. The zero-order chi connectivity index (χ0) is 25.7. The summed E-state index contributed by atoms with van der Waals surface area (Å²) in [4.78, 5) is 18.8. The van der Waals surface area contributed by atoms with E-state index >= 15 is 0 Å². The molecule has 1 amide bonds. The summed E-state index contributed by atoms with van der Waals surface area (Å²) in [5, 5.41) is 11.1. The van der Waals surface area contributed by atoms with Crippen LogP contribution in [0, 0.1) is 5.92 Å². The Labute approximate surface area is 209 Å². The van der Waals surface area contributed by atoms with E-state index in [1.807, 2.05) is 19.1 Å². The van der Waals surface area contributed by atoms with Crippen LogP contribution in [0.5, 0.6) is 0 Å². The topological polar surface area (TPSA) is 69.3 Å². The molecule has 1 saturated heterocycles. The minimum absolute atomic E-state index is 0.0143. The Balaban J connectivity index is 1.40. The number of fused-ring (bicyclic) bond motifs is 1. The van der Waals surface area contributed by atoms with Crippen molar-refractivity contribution in [3.8, 4) is 0 Å². The SMILES string of the molecule is C=C(c1nc(NC2CC(C)(NC(=O)C3CC3)C2)cc2c(NC3CCN(C)CC3)cccc12)C(F)(F)F. The van der Waals surface area contributed by atoms with E-state index < -0.39 is 11.7 Å². The van der Waals surface area contributed by atoms with E-state index in [-0.39, 0.29) is 35.1 Å². The number of piperidine rings is 1. The van der Waals surface area contributed by atoms with Gasteiger partial charge in [0.05, 0.1) is 11.3 Å². The summed E-state index contributed by atoms with van der Waals surface area (Å²) in [6.07, 6.45) is 0.635. The summed E-state index contributed by atoms with van der Waals surface area (Å²) < 4.78 is 41.2. The first kappa shape index (κ1) is 24.9. The molecule has 0 bridgehead atoms. The van der Waals surface area contributed by atoms with Gasteiger partial charge in [0.1, 0.15) is 5.82 Å². The highest BCUT2D eigenvalue weighted by Gasteiger charge is 2.44. The zero-order valence-electron chi connectivity index (χ0n) is 20.8. The number of hydrogen-bond acceptors (Lipinski definition) is 5. The highest BCUT2D eigenvalue weighted by molar-refractivity contribution is 6.01. The molecule has 0 unspecified atom stereocenters. The number of nitrogens with one attached hydrogen (secondary N) is 3. The Kier molecular flexibility index (Phi) is 6.39.